The van der Waals surface area contributed by atoms with Crippen LogP contribution in [0.5, 0.6) is 17.2 Å². The predicted octanol–water partition coefficient (Wildman–Crippen LogP) is 5.88. The van der Waals surface area contributed by atoms with Crippen LogP contribution in [-0.4, -0.2) is 12.5 Å². The summed E-state index contributed by atoms with van der Waals surface area (Å²) >= 11 is 0. The summed E-state index contributed by atoms with van der Waals surface area (Å²) in [6, 6.07) is 24.2. The molecule has 3 aromatic carbocycles. The van der Waals surface area contributed by atoms with Crippen molar-refractivity contribution in [1.82, 2.24) is 5.32 Å². The molecule has 0 heterocycles. The maximum absolute atomic E-state index is 12.7. The van der Waals surface area contributed by atoms with Crippen LogP contribution in [0.4, 0.5) is 5.69 Å². The Bertz CT molecular complexity index is 1150. The third-order valence-electron chi connectivity index (χ3n) is 4.86. The number of nitrogens with one attached hydrogen (secondary N) is 2. The number of amides is 1. The first-order valence-electron chi connectivity index (χ1n) is 10.7. The fraction of sp³-hybridized carbons (Fsp3) is 0.185. The molecule has 6 nitrogen and oxygen atoms in total. The van der Waals surface area contributed by atoms with Gasteiger partial charge < -0.3 is 20.1 Å². The highest BCUT2D eigenvalue weighted by Crippen LogP contribution is 2.27. The fourth-order valence-corrected chi connectivity index (χ4v) is 3.19. The zero-order valence-electron chi connectivity index (χ0n) is 19.0. The molecule has 0 aliphatic rings. The van der Waals surface area contributed by atoms with Crippen LogP contribution >= 0.6 is 0 Å². The molecule has 0 bridgehead atoms. The first kappa shape index (κ1) is 23.4. The summed E-state index contributed by atoms with van der Waals surface area (Å²) in [6.07, 6.45) is 1.40. The van der Waals surface area contributed by atoms with Gasteiger partial charge in [0.2, 0.25) is 0 Å². The van der Waals surface area contributed by atoms with E-state index in [4.69, 9.17) is 9.47 Å². The molecule has 0 aromatic heterocycles. The van der Waals surface area contributed by atoms with E-state index >= 15 is 0 Å². The van der Waals surface area contributed by atoms with Crippen LogP contribution in [0, 0.1) is 18.3 Å². The number of hydrogen-bond donors (Lipinski definition) is 2. The monoisotopic (exact) mass is 441 g/mol. The van der Waals surface area contributed by atoms with Gasteiger partial charge in [0, 0.05) is 17.5 Å². The van der Waals surface area contributed by atoms with E-state index in [9.17, 15) is 10.1 Å². The molecule has 0 aliphatic heterocycles. The Morgan fingerprint density at radius 2 is 1.76 bits per heavy atom. The van der Waals surface area contributed by atoms with Crippen molar-refractivity contribution in [3.63, 3.8) is 0 Å². The van der Waals surface area contributed by atoms with E-state index in [1.165, 1.54) is 6.20 Å². The van der Waals surface area contributed by atoms with Gasteiger partial charge in [-0.25, -0.2) is 0 Å². The average Bonchev–Trinajstić information content (AvgIpc) is 2.82. The Hall–Kier alpha value is -4.24. The number of aryl methyl sites for hydroxylation is 1. The van der Waals surface area contributed by atoms with Gasteiger partial charge in [-0.1, -0.05) is 35.9 Å². The van der Waals surface area contributed by atoms with Gasteiger partial charge in [-0.05, 0) is 63.2 Å². The highest BCUT2D eigenvalue weighted by molar-refractivity contribution is 5.97. The van der Waals surface area contributed by atoms with Crippen molar-refractivity contribution in [2.24, 2.45) is 0 Å². The normalized spacial score (nSPS) is 11.8. The SMILES string of the molecule is CCOc1ccc(C)cc1C(C)NC(=O)/C(C#N)=C\Nc1ccc(Oc2ccccc2)cc1. The number of ether oxygens (including phenoxy) is 2. The minimum atomic E-state index is -0.467. The molecule has 2 N–H and O–H groups in total. The second kappa shape index (κ2) is 11.4. The lowest BCUT2D eigenvalue weighted by molar-refractivity contribution is -0.117. The standard InChI is InChI=1S/C27H27N3O3/c1-4-32-26-15-10-19(2)16-25(26)20(3)30-27(31)21(17-28)18-29-22-11-13-24(14-12-22)33-23-8-6-5-7-9-23/h5-16,18,20,29H,4H2,1-3H3,(H,30,31)/b21-18-. The van der Waals surface area contributed by atoms with Crippen LogP contribution in [0.25, 0.3) is 0 Å². The van der Waals surface area contributed by atoms with E-state index in [1.54, 1.807) is 0 Å². The highest BCUT2D eigenvalue weighted by atomic mass is 16.5. The van der Waals surface area contributed by atoms with Crippen LogP contribution < -0.4 is 20.1 Å². The molecule has 6 heteroatoms. The number of hydrogen-bond acceptors (Lipinski definition) is 5. The predicted molar refractivity (Wildman–Crippen MR) is 129 cm³/mol. The molecule has 1 atom stereocenters. The highest BCUT2D eigenvalue weighted by Gasteiger charge is 2.17. The Labute approximate surface area is 194 Å². The van der Waals surface area contributed by atoms with Crippen LogP contribution in [0.2, 0.25) is 0 Å². The Balaban J connectivity index is 1.64. The number of rotatable bonds is 9. The van der Waals surface area contributed by atoms with E-state index < -0.39 is 5.91 Å². The molecule has 33 heavy (non-hydrogen) atoms. The van der Waals surface area contributed by atoms with Crippen LogP contribution in [0.15, 0.2) is 84.6 Å². The van der Waals surface area contributed by atoms with Gasteiger partial charge in [0.1, 0.15) is 28.9 Å². The molecule has 3 aromatic rings. The molecule has 0 aliphatic carbocycles. The van der Waals surface area contributed by atoms with E-state index in [1.807, 2.05) is 99.6 Å². The van der Waals surface area contributed by atoms with Crippen molar-refractivity contribution in [3.8, 4) is 23.3 Å². The maximum atomic E-state index is 12.7. The van der Waals surface area contributed by atoms with Crippen molar-refractivity contribution in [3.05, 3.63) is 95.7 Å². The second-order valence-electron chi connectivity index (χ2n) is 7.42. The minimum Gasteiger partial charge on any atom is -0.494 e. The summed E-state index contributed by atoms with van der Waals surface area (Å²) in [5.74, 6) is 1.68. The van der Waals surface area contributed by atoms with Crippen molar-refractivity contribution < 1.29 is 14.3 Å². The Morgan fingerprint density at radius 1 is 1.06 bits per heavy atom. The van der Waals surface area contributed by atoms with E-state index in [-0.39, 0.29) is 11.6 Å². The molecular weight excluding hydrogens is 414 g/mol. The number of nitrogens with zero attached hydrogens (tertiary/aromatic N) is 1. The molecule has 0 fully saturated rings. The number of anilines is 1. The molecule has 1 amide bonds. The van der Waals surface area contributed by atoms with Crippen LogP contribution in [-0.2, 0) is 4.79 Å². The summed E-state index contributed by atoms with van der Waals surface area (Å²) in [5.41, 5.74) is 2.62. The molecule has 0 saturated carbocycles. The topological polar surface area (TPSA) is 83.4 Å². The third-order valence-corrected chi connectivity index (χ3v) is 4.86. The molecule has 1 unspecified atom stereocenters. The lowest BCUT2D eigenvalue weighted by Crippen LogP contribution is -2.28. The molecule has 3 rings (SSSR count). The lowest BCUT2D eigenvalue weighted by Gasteiger charge is -2.18. The summed E-state index contributed by atoms with van der Waals surface area (Å²) in [4.78, 5) is 12.7. The average molecular weight is 442 g/mol. The quantitative estimate of drug-likeness (QED) is 0.320. The number of nitriles is 1. The lowest BCUT2D eigenvalue weighted by atomic mass is 10.0. The van der Waals surface area contributed by atoms with Gasteiger partial charge in [0.05, 0.1) is 12.6 Å². The molecular formula is C27H27N3O3. The smallest absolute Gasteiger partial charge is 0.263 e. The minimum absolute atomic E-state index is 0.0305. The molecule has 0 radical (unpaired) electrons. The summed E-state index contributed by atoms with van der Waals surface area (Å²) in [5, 5.41) is 15.4. The van der Waals surface area contributed by atoms with Crippen molar-refractivity contribution in [2.45, 2.75) is 26.8 Å². The van der Waals surface area contributed by atoms with E-state index in [0.717, 1.165) is 22.6 Å². The number of carbonyl (C=O) groups excluding carboxylic acids is 1. The summed E-state index contributed by atoms with van der Waals surface area (Å²) < 4.78 is 11.4. The molecule has 0 spiro atoms. The second-order valence-corrected chi connectivity index (χ2v) is 7.42. The number of benzene rings is 3. The maximum Gasteiger partial charge on any atom is 0.263 e. The zero-order chi connectivity index (χ0) is 23.6. The van der Waals surface area contributed by atoms with Crippen LogP contribution in [0.3, 0.4) is 0 Å². The van der Waals surface area contributed by atoms with Gasteiger partial charge in [-0.15, -0.1) is 0 Å². The molecule has 168 valence electrons. The zero-order valence-corrected chi connectivity index (χ0v) is 19.0. The fourth-order valence-electron chi connectivity index (χ4n) is 3.19. The van der Waals surface area contributed by atoms with Crippen molar-refractivity contribution in [2.75, 3.05) is 11.9 Å². The van der Waals surface area contributed by atoms with Gasteiger partial charge >= 0.3 is 0 Å². The Kier molecular flexibility index (Phi) is 8.09. The first-order chi connectivity index (χ1) is 16.0. The van der Waals surface area contributed by atoms with Gasteiger partial charge in [-0.3, -0.25) is 4.79 Å². The van der Waals surface area contributed by atoms with Gasteiger partial charge in [-0.2, -0.15) is 5.26 Å². The number of carbonyl (C=O) groups is 1. The Morgan fingerprint density at radius 3 is 2.42 bits per heavy atom. The van der Waals surface area contributed by atoms with Gasteiger partial charge in [0.15, 0.2) is 0 Å². The largest absolute Gasteiger partial charge is 0.494 e. The van der Waals surface area contributed by atoms with E-state index in [2.05, 4.69) is 10.6 Å². The van der Waals surface area contributed by atoms with E-state index in [0.29, 0.717) is 18.1 Å². The third kappa shape index (κ3) is 6.62. The van der Waals surface area contributed by atoms with Crippen molar-refractivity contribution in [1.29, 1.82) is 5.26 Å². The summed E-state index contributed by atoms with van der Waals surface area (Å²) in [7, 11) is 0. The van der Waals surface area contributed by atoms with Crippen LogP contribution in [0.1, 0.15) is 31.0 Å². The first-order valence-corrected chi connectivity index (χ1v) is 10.7. The molecule has 0 saturated heterocycles. The number of para-hydroxylation sites is 1. The van der Waals surface area contributed by atoms with Crippen molar-refractivity contribution >= 4 is 11.6 Å². The van der Waals surface area contributed by atoms with Gasteiger partial charge in [0.25, 0.3) is 5.91 Å². The summed E-state index contributed by atoms with van der Waals surface area (Å²) in [6.45, 7) is 6.28.